The molecule has 0 bridgehead atoms. The molecule has 0 saturated carbocycles. The first-order chi connectivity index (χ1) is 15.4. The van der Waals surface area contributed by atoms with E-state index in [1.807, 2.05) is 0 Å². The number of nitrogens with one attached hydrogen (secondary N) is 1. The summed E-state index contributed by atoms with van der Waals surface area (Å²) < 4.78 is 5.82. The van der Waals surface area contributed by atoms with Crippen LogP contribution in [0.15, 0.2) is 0 Å². The van der Waals surface area contributed by atoms with Gasteiger partial charge in [0, 0.05) is 26.3 Å². The van der Waals surface area contributed by atoms with Crippen LogP contribution >= 0.6 is 0 Å². The summed E-state index contributed by atoms with van der Waals surface area (Å²) in [4.78, 5) is 0. The van der Waals surface area contributed by atoms with Gasteiger partial charge in [0.15, 0.2) is 0 Å². The Labute approximate surface area is 197 Å². The van der Waals surface area contributed by atoms with Crippen LogP contribution in [-0.4, -0.2) is 32.8 Å². The second-order valence-electron chi connectivity index (χ2n) is 9.58. The Morgan fingerprint density at radius 1 is 0.452 bits per heavy atom. The van der Waals surface area contributed by atoms with Crippen molar-refractivity contribution < 1.29 is 4.74 Å². The van der Waals surface area contributed by atoms with Gasteiger partial charge in [-0.2, -0.15) is 0 Å². The van der Waals surface area contributed by atoms with Gasteiger partial charge in [-0.1, -0.05) is 129 Å². The summed E-state index contributed by atoms with van der Waals surface area (Å²) >= 11 is 0. The maximum atomic E-state index is 5.82. The van der Waals surface area contributed by atoms with E-state index >= 15 is 0 Å². The molecule has 0 amide bonds. The third kappa shape index (κ3) is 29.9. The topological polar surface area (TPSA) is 47.3 Å². The van der Waals surface area contributed by atoms with Gasteiger partial charge in [-0.25, -0.2) is 0 Å². The van der Waals surface area contributed by atoms with Crippen LogP contribution in [0.5, 0.6) is 0 Å². The van der Waals surface area contributed by atoms with Gasteiger partial charge in [0.2, 0.25) is 0 Å². The van der Waals surface area contributed by atoms with E-state index < -0.39 is 0 Å². The number of hydrogen-bond acceptors (Lipinski definition) is 3. The third-order valence-corrected chi connectivity index (χ3v) is 6.36. The summed E-state index contributed by atoms with van der Waals surface area (Å²) in [6.45, 7) is 7.12. The zero-order valence-electron chi connectivity index (χ0n) is 21.6. The van der Waals surface area contributed by atoms with Crippen LogP contribution in [0.2, 0.25) is 0 Å². The van der Waals surface area contributed by atoms with E-state index in [0.29, 0.717) is 0 Å². The number of ether oxygens (including phenoxy) is 1. The fourth-order valence-corrected chi connectivity index (χ4v) is 4.24. The average Bonchev–Trinajstić information content (AvgIpc) is 2.78. The van der Waals surface area contributed by atoms with Crippen molar-refractivity contribution in [3.63, 3.8) is 0 Å². The monoisotopic (exact) mass is 440 g/mol. The molecular weight excluding hydrogens is 380 g/mol. The number of rotatable bonds is 28. The van der Waals surface area contributed by atoms with Crippen molar-refractivity contribution in [3.8, 4) is 0 Å². The van der Waals surface area contributed by atoms with Crippen molar-refractivity contribution in [1.29, 1.82) is 0 Å². The molecule has 0 aliphatic carbocycles. The first kappa shape index (κ1) is 30.9. The standard InChI is InChI=1S/C28H60N2O/c1-2-3-4-5-6-7-10-13-16-19-22-27-31-28-23-20-17-14-11-8-9-12-15-18-21-25-30-26-24-29/h30H,2-29H2,1H3. The molecule has 0 aromatic rings. The molecule has 188 valence electrons. The summed E-state index contributed by atoms with van der Waals surface area (Å²) in [6.07, 6.45) is 30.7. The summed E-state index contributed by atoms with van der Waals surface area (Å²) in [6, 6.07) is 0. The van der Waals surface area contributed by atoms with E-state index in [1.54, 1.807) is 0 Å². The number of nitrogens with two attached hydrogens (primary N) is 1. The molecule has 0 radical (unpaired) electrons. The van der Waals surface area contributed by atoms with Crippen LogP contribution in [0, 0.1) is 0 Å². The van der Waals surface area contributed by atoms with Gasteiger partial charge in [-0.15, -0.1) is 0 Å². The quantitative estimate of drug-likeness (QED) is 0.121. The lowest BCUT2D eigenvalue weighted by Crippen LogP contribution is -2.23. The Kier molecular flexibility index (Phi) is 29.8. The first-order valence-corrected chi connectivity index (χ1v) is 14.4. The van der Waals surface area contributed by atoms with Crippen molar-refractivity contribution in [3.05, 3.63) is 0 Å². The maximum Gasteiger partial charge on any atom is 0.0466 e. The molecule has 0 saturated heterocycles. The molecule has 0 aliphatic rings. The van der Waals surface area contributed by atoms with Crippen LogP contribution in [0.3, 0.4) is 0 Å². The van der Waals surface area contributed by atoms with Crippen molar-refractivity contribution in [1.82, 2.24) is 5.32 Å². The molecule has 0 rings (SSSR count). The zero-order valence-corrected chi connectivity index (χ0v) is 21.6. The average molecular weight is 441 g/mol. The summed E-state index contributed by atoms with van der Waals surface area (Å²) in [7, 11) is 0. The van der Waals surface area contributed by atoms with Gasteiger partial charge < -0.3 is 15.8 Å². The van der Waals surface area contributed by atoms with E-state index in [1.165, 1.54) is 141 Å². The van der Waals surface area contributed by atoms with E-state index in [4.69, 9.17) is 10.5 Å². The van der Waals surface area contributed by atoms with Crippen LogP contribution in [0.1, 0.15) is 148 Å². The molecule has 0 unspecified atom stereocenters. The normalized spacial score (nSPS) is 11.4. The van der Waals surface area contributed by atoms with Gasteiger partial charge in [-0.3, -0.25) is 0 Å². The Morgan fingerprint density at radius 2 is 0.806 bits per heavy atom. The van der Waals surface area contributed by atoms with Gasteiger partial charge in [0.25, 0.3) is 0 Å². The van der Waals surface area contributed by atoms with Crippen LogP contribution in [0.25, 0.3) is 0 Å². The number of hydrogen-bond donors (Lipinski definition) is 2. The predicted molar refractivity (Wildman–Crippen MR) is 140 cm³/mol. The second-order valence-corrected chi connectivity index (χ2v) is 9.58. The Balaban J connectivity index is 2.98. The zero-order chi connectivity index (χ0) is 22.5. The minimum atomic E-state index is 0.756. The van der Waals surface area contributed by atoms with E-state index in [-0.39, 0.29) is 0 Å². The molecule has 0 aliphatic heterocycles. The molecule has 0 heterocycles. The molecule has 0 atom stereocenters. The molecule has 3 nitrogen and oxygen atoms in total. The molecule has 0 spiro atoms. The highest BCUT2D eigenvalue weighted by Gasteiger charge is 1.96. The van der Waals surface area contributed by atoms with Gasteiger partial charge in [0.1, 0.15) is 0 Å². The minimum Gasteiger partial charge on any atom is -0.381 e. The molecule has 0 aromatic heterocycles. The van der Waals surface area contributed by atoms with Crippen molar-refractivity contribution in [2.45, 2.75) is 148 Å². The summed E-state index contributed by atoms with van der Waals surface area (Å²) in [5.74, 6) is 0. The fraction of sp³-hybridized carbons (Fsp3) is 1.00. The predicted octanol–water partition coefficient (Wildman–Crippen LogP) is 8.15. The van der Waals surface area contributed by atoms with Crippen molar-refractivity contribution in [2.24, 2.45) is 5.73 Å². The fourth-order valence-electron chi connectivity index (χ4n) is 4.24. The Bertz CT molecular complexity index is 271. The molecule has 3 N–H and O–H groups in total. The smallest absolute Gasteiger partial charge is 0.0466 e. The van der Waals surface area contributed by atoms with Gasteiger partial charge >= 0.3 is 0 Å². The highest BCUT2D eigenvalue weighted by molar-refractivity contribution is 4.52. The molecule has 31 heavy (non-hydrogen) atoms. The van der Waals surface area contributed by atoms with Crippen molar-refractivity contribution >= 4 is 0 Å². The maximum absolute atomic E-state index is 5.82. The molecule has 0 fully saturated rings. The molecule has 0 aromatic carbocycles. The summed E-state index contributed by atoms with van der Waals surface area (Å²) in [5, 5.41) is 3.37. The van der Waals surface area contributed by atoms with Crippen LogP contribution in [-0.2, 0) is 4.74 Å². The lowest BCUT2D eigenvalue weighted by molar-refractivity contribution is 0.125. The highest BCUT2D eigenvalue weighted by atomic mass is 16.5. The van der Waals surface area contributed by atoms with Gasteiger partial charge in [-0.05, 0) is 25.8 Å². The minimum absolute atomic E-state index is 0.756. The lowest BCUT2D eigenvalue weighted by atomic mass is 10.1. The van der Waals surface area contributed by atoms with Crippen molar-refractivity contribution in [2.75, 3.05) is 32.8 Å². The van der Waals surface area contributed by atoms with E-state index in [0.717, 1.165) is 32.8 Å². The molecular formula is C28H60N2O. The van der Waals surface area contributed by atoms with E-state index in [2.05, 4.69) is 12.2 Å². The van der Waals surface area contributed by atoms with E-state index in [9.17, 15) is 0 Å². The van der Waals surface area contributed by atoms with Crippen LogP contribution in [0.4, 0.5) is 0 Å². The first-order valence-electron chi connectivity index (χ1n) is 14.4. The van der Waals surface area contributed by atoms with Gasteiger partial charge in [0.05, 0.1) is 0 Å². The SMILES string of the molecule is CCCCCCCCCCCCCOCCCCCCCCCCCCCNCCN. The Hall–Kier alpha value is -0.120. The second kappa shape index (κ2) is 29.9. The molecule has 3 heteroatoms. The number of unbranched alkanes of at least 4 members (excludes halogenated alkanes) is 20. The summed E-state index contributed by atoms with van der Waals surface area (Å²) in [5.41, 5.74) is 5.46. The Morgan fingerprint density at radius 3 is 1.19 bits per heavy atom. The largest absolute Gasteiger partial charge is 0.381 e. The van der Waals surface area contributed by atoms with Crippen LogP contribution < -0.4 is 11.1 Å². The lowest BCUT2D eigenvalue weighted by Gasteiger charge is -2.05. The third-order valence-electron chi connectivity index (χ3n) is 6.36. The highest BCUT2D eigenvalue weighted by Crippen LogP contribution is 2.12.